The van der Waals surface area contributed by atoms with E-state index in [1.165, 1.54) is 0 Å². The normalized spacial score (nSPS) is 11.6. The van der Waals surface area contributed by atoms with E-state index in [0.29, 0.717) is 40.6 Å². The number of methoxy groups -OCH3 is 1. The van der Waals surface area contributed by atoms with Crippen LogP contribution in [0.1, 0.15) is 12.6 Å². The molecule has 4 aromatic rings. The van der Waals surface area contributed by atoms with Crippen LogP contribution in [0.2, 0.25) is 0 Å². The van der Waals surface area contributed by atoms with E-state index >= 15 is 0 Å². The number of nitrogens with two attached hydrogens (primary N) is 2. The first-order valence-electron chi connectivity index (χ1n) is 9.47. The predicted octanol–water partition coefficient (Wildman–Crippen LogP) is 2.57. The number of hydrogen-bond donors (Lipinski definition) is 3. The zero-order valence-corrected chi connectivity index (χ0v) is 17.0. The minimum absolute atomic E-state index is 0.157. The minimum Gasteiger partial charge on any atom is -0.495 e. The van der Waals surface area contributed by atoms with Gasteiger partial charge in [-0.2, -0.15) is 0 Å². The number of rotatable bonds is 6. The fourth-order valence-corrected chi connectivity index (χ4v) is 3.25. The van der Waals surface area contributed by atoms with Gasteiger partial charge in [0.1, 0.15) is 22.7 Å². The van der Waals surface area contributed by atoms with E-state index in [-0.39, 0.29) is 17.5 Å². The van der Waals surface area contributed by atoms with E-state index in [9.17, 15) is 5.21 Å². The highest BCUT2D eigenvalue weighted by atomic mass is 16.5. The van der Waals surface area contributed by atoms with E-state index < -0.39 is 0 Å². The Labute approximate surface area is 177 Å². The number of benzene rings is 2. The average molecular weight is 419 g/mol. The summed E-state index contributed by atoms with van der Waals surface area (Å²) < 4.78 is 12.6. The van der Waals surface area contributed by atoms with Crippen molar-refractivity contribution in [2.75, 3.05) is 19.5 Å². The summed E-state index contributed by atoms with van der Waals surface area (Å²) in [6.45, 7) is 2.48. The Hall–Kier alpha value is -4.34. The summed E-state index contributed by atoms with van der Waals surface area (Å²) in [7, 11) is 1.57. The van der Waals surface area contributed by atoms with E-state index in [2.05, 4.69) is 15.1 Å². The smallest absolute Gasteiger partial charge is 0.207 e. The van der Waals surface area contributed by atoms with Crippen LogP contribution in [0.15, 0.2) is 53.7 Å². The molecule has 0 aliphatic rings. The number of para-hydroxylation sites is 2. The molecule has 0 unspecified atom stereocenters. The molecule has 0 saturated carbocycles. The molecule has 0 spiro atoms. The highest BCUT2D eigenvalue weighted by Gasteiger charge is 2.22. The Balaban J connectivity index is 1.99. The summed E-state index contributed by atoms with van der Waals surface area (Å²) in [5, 5.41) is 12.4. The largest absolute Gasteiger partial charge is 0.495 e. The second-order valence-electron chi connectivity index (χ2n) is 6.49. The topological polar surface area (TPSA) is 147 Å². The van der Waals surface area contributed by atoms with Crippen LogP contribution in [0.5, 0.6) is 11.5 Å². The molecule has 10 heteroatoms. The van der Waals surface area contributed by atoms with Gasteiger partial charge >= 0.3 is 0 Å². The third-order valence-corrected chi connectivity index (χ3v) is 4.63. The number of imidazole rings is 1. The van der Waals surface area contributed by atoms with Crippen molar-refractivity contribution in [3.05, 3.63) is 54.2 Å². The molecule has 5 N–H and O–H groups in total. The zero-order chi connectivity index (χ0) is 22.0. The number of nitrogens with zero attached hydrogens (tertiary/aromatic N) is 5. The number of ether oxygens (including phenoxy) is 2. The van der Waals surface area contributed by atoms with Crippen LogP contribution in [-0.2, 0) is 0 Å². The summed E-state index contributed by atoms with van der Waals surface area (Å²) in [4.78, 5) is 13.5. The van der Waals surface area contributed by atoms with Gasteiger partial charge in [0.2, 0.25) is 5.95 Å². The number of aromatic nitrogens is 4. The van der Waals surface area contributed by atoms with Gasteiger partial charge in [-0.3, -0.25) is 4.57 Å². The molecule has 0 atom stereocenters. The molecule has 0 aliphatic heterocycles. The van der Waals surface area contributed by atoms with Gasteiger partial charge < -0.3 is 26.1 Å². The first-order chi connectivity index (χ1) is 15.1. The third kappa shape index (κ3) is 3.54. The fourth-order valence-electron chi connectivity index (χ4n) is 3.25. The fraction of sp³-hybridized carbons (Fsp3) is 0.143. The molecule has 0 amide bonds. The van der Waals surface area contributed by atoms with E-state index in [1.54, 1.807) is 17.7 Å². The number of amidine groups is 1. The molecule has 0 aliphatic carbocycles. The molecule has 31 heavy (non-hydrogen) atoms. The maximum absolute atomic E-state index is 9.28. The van der Waals surface area contributed by atoms with Gasteiger partial charge in [0, 0.05) is 5.56 Å². The molecule has 10 nitrogen and oxygen atoms in total. The number of hydrogen-bond acceptors (Lipinski definition) is 8. The molecule has 2 heterocycles. The first-order valence-corrected chi connectivity index (χ1v) is 9.47. The standard InChI is InChI=1S/C21H21N7O3/c1-3-31-13-10-8-12(9-11-13)19-24-16(18(22)27-29)17-20(26-19)28(21(23)25-17)14-6-4-5-7-15(14)30-2/h4-11,29H,3H2,1-2H3,(H2,22,27)(H2,23,25). The third-order valence-electron chi connectivity index (χ3n) is 4.63. The van der Waals surface area contributed by atoms with Crippen LogP contribution < -0.4 is 20.9 Å². The summed E-state index contributed by atoms with van der Waals surface area (Å²) in [6.07, 6.45) is 0. The Bertz CT molecular complexity index is 1270. The number of oxime groups is 1. The molecular formula is C21H21N7O3. The van der Waals surface area contributed by atoms with Crippen molar-refractivity contribution in [3.8, 4) is 28.6 Å². The van der Waals surface area contributed by atoms with E-state index in [4.69, 9.17) is 25.9 Å². The quantitative estimate of drug-likeness (QED) is 0.187. The molecule has 4 rings (SSSR count). The lowest BCUT2D eigenvalue weighted by Gasteiger charge is -2.12. The minimum atomic E-state index is -0.204. The lowest BCUT2D eigenvalue weighted by molar-refractivity contribution is 0.318. The maximum atomic E-state index is 9.28. The molecule has 0 fully saturated rings. The van der Waals surface area contributed by atoms with Gasteiger partial charge in [-0.05, 0) is 43.3 Å². The molecule has 158 valence electrons. The van der Waals surface area contributed by atoms with Crippen molar-refractivity contribution in [2.24, 2.45) is 10.9 Å². The first kappa shape index (κ1) is 20.0. The molecule has 0 radical (unpaired) electrons. The second-order valence-corrected chi connectivity index (χ2v) is 6.49. The zero-order valence-electron chi connectivity index (χ0n) is 17.0. The number of fused-ring (bicyclic) bond motifs is 1. The van der Waals surface area contributed by atoms with Crippen molar-refractivity contribution < 1.29 is 14.7 Å². The molecule has 0 bridgehead atoms. The van der Waals surface area contributed by atoms with Crippen LogP contribution in [0.4, 0.5) is 5.95 Å². The van der Waals surface area contributed by atoms with Crippen LogP contribution in [0.25, 0.3) is 28.2 Å². The number of anilines is 1. The molecule has 0 saturated heterocycles. The van der Waals surface area contributed by atoms with Crippen LogP contribution in [0.3, 0.4) is 0 Å². The predicted molar refractivity (Wildman–Crippen MR) is 117 cm³/mol. The lowest BCUT2D eigenvalue weighted by atomic mass is 10.2. The second kappa shape index (κ2) is 8.19. The van der Waals surface area contributed by atoms with Gasteiger partial charge in [-0.25, -0.2) is 15.0 Å². The Kier molecular flexibility index (Phi) is 5.27. The van der Waals surface area contributed by atoms with Crippen LogP contribution >= 0.6 is 0 Å². The average Bonchev–Trinajstić information content (AvgIpc) is 3.14. The highest BCUT2D eigenvalue weighted by molar-refractivity contribution is 6.05. The highest BCUT2D eigenvalue weighted by Crippen LogP contribution is 2.31. The van der Waals surface area contributed by atoms with Gasteiger partial charge in [0.25, 0.3) is 0 Å². The summed E-state index contributed by atoms with van der Waals surface area (Å²) in [5.41, 5.74) is 14.3. The van der Waals surface area contributed by atoms with Crippen molar-refractivity contribution >= 4 is 22.9 Å². The summed E-state index contributed by atoms with van der Waals surface area (Å²) >= 11 is 0. The molecular weight excluding hydrogens is 398 g/mol. The van der Waals surface area contributed by atoms with Gasteiger partial charge in [0.15, 0.2) is 17.3 Å². The van der Waals surface area contributed by atoms with Gasteiger partial charge in [-0.15, -0.1) is 0 Å². The summed E-state index contributed by atoms with van der Waals surface area (Å²) in [5.74, 6) is 1.62. The van der Waals surface area contributed by atoms with Gasteiger partial charge in [-0.1, -0.05) is 17.3 Å². The van der Waals surface area contributed by atoms with Crippen molar-refractivity contribution in [1.29, 1.82) is 0 Å². The Morgan fingerprint density at radius 2 is 1.84 bits per heavy atom. The van der Waals surface area contributed by atoms with Crippen LogP contribution in [0, 0.1) is 0 Å². The lowest BCUT2D eigenvalue weighted by Crippen LogP contribution is -2.17. The van der Waals surface area contributed by atoms with Gasteiger partial charge in [0.05, 0.1) is 19.4 Å². The summed E-state index contributed by atoms with van der Waals surface area (Å²) in [6, 6.07) is 14.6. The van der Waals surface area contributed by atoms with Crippen LogP contribution in [-0.4, -0.2) is 44.3 Å². The van der Waals surface area contributed by atoms with Crippen molar-refractivity contribution in [1.82, 2.24) is 19.5 Å². The Morgan fingerprint density at radius 1 is 1.10 bits per heavy atom. The SMILES string of the molecule is CCOc1ccc(-c2nc(C(N)=NO)c3nc(N)n(-c4ccccc4OC)c3n2)cc1. The molecule has 2 aromatic carbocycles. The van der Waals surface area contributed by atoms with Crippen molar-refractivity contribution in [2.45, 2.75) is 6.92 Å². The number of nitrogen functional groups attached to an aromatic ring is 1. The van der Waals surface area contributed by atoms with Crippen molar-refractivity contribution in [3.63, 3.8) is 0 Å². The van der Waals surface area contributed by atoms with E-state index in [1.807, 2.05) is 49.4 Å². The Morgan fingerprint density at radius 3 is 2.52 bits per heavy atom. The monoisotopic (exact) mass is 419 g/mol. The molecule has 2 aromatic heterocycles. The van der Waals surface area contributed by atoms with E-state index in [0.717, 1.165) is 5.75 Å². The maximum Gasteiger partial charge on any atom is 0.207 e.